The number of amides is 1. The maximum Gasteiger partial charge on any atom is 0.308 e. The summed E-state index contributed by atoms with van der Waals surface area (Å²) in [5.74, 6) is 0.582. The third-order valence-electron chi connectivity index (χ3n) is 5.19. The highest BCUT2D eigenvalue weighted by Gasteiger charge is 2.28. The third-order valence-corrected chi connectivity index (χ3v) is 6.34. The Kier molecular flexibility index (Phi) is 7.50. The van der Waals surface area contributed by atoms with E-state index in [4.69, 9.17) is 4.18 Å². The normalized spacial score (nSPS) is 16.9. The Morgan fingerprint density at radius 2 is 1.92 bits per heavy atom. The van der Waals surface area contributed by atoms with Gasteiger partial charge in [-0.2, -0.15) is 8.42 Å². The van der Waals surface area contributed by atoms with Crippen LogP contribution in [0.3, 0.4) is 0 Å². The molecule has 1 aliphatic carbocycles. The van der Waals surface area contributed by atoms with Crippen molar-refractivity contribution in [3.8, 4) is 5.75 Å². The van der Waals surface area contributed by atoms with E-state index in [-0.39, 0.29) is 23.6 Å². The molecule has 2 rings (SSSR count). The standard InChI is InChI=1S/C20H31NO4S/c1-4-16(3)21(20(22)18-11-7-6-8-12-18)15-17-10-9-13-19(14-17)25-26(23,24)5-2/h9-10,13-14,16,18H,4-8,11-12,15H2,1-3H3. The SMILES string of the molecule is CCC(C)N(Cc1cccc(OS(=O)(=O)CC)c1)C(=O)C1CCCCC1. The van der Waals surface area contributed by atoms with Gasteiger partial charge in [-0.15, -0.1) is 0 Å². The van der Waals surface area contributed by atoms with Gasteiger partial charge in [-0.1, -0.05) is 38.3 Å². The van der Waals surface area contributed by atoms with Crippen LogP contribution < -0.4 is 4.18 Å². The van der Waals surface area contributed by atoms with Crippen molar-refractivity contribution >= 4 is 16.0 Å². The number of hydrogen-bond acceptors (Lipinski definition) is 4. The molecule has 1 unspecified atom stereocenters. The van der Waals surface area contributed by atoms with Gasteiger partial charge in [0.25, 0.3) is 0 Å². The minimum atomic E-state index is -3.55. The molecule has 0 aromatic heterocycles. The molecule has 1 amide bonds. The van der Waals surface area contributed by atoms with Crippen molar-refractivity contribution in [2.75, 3.05) is 5.75 Å². The van der Waals surface area contributed by atoms with Crippen molar-refractivity contribution in [2.24, 2.45) is 5.92 Å². The second kappa shape index (κ2) is 9.40. The van der Waals surface area contributed by atoms with E-state index in [2.05, 4.69) is 13.8 Å². The van der Waals surface area contributed by atoms with Crippen LogP contribution in [0.15, 0.2) is 24.3 Å². The van der Waals surface area contributed by atoms with Crippen LogP contribution in [0.2, 0.25) is 0 Å². The van der Waals surface area contributed by atoms with Gasteiger partial charge < -0.3 is 9.08 Å². The summed E-state index contributed by atoms with van der Waals surface area (Å²) >= 11 is 0. The van der Waals surface area contributed by atoms with Crippen LogP contribution in [0.4, 0.5) is 0 Å². The van der Waals surface area contributed by atoms with E-state index < -0.39 is 10.1 Å². The van der Waals surface area contributed by atoms with E-state index in [1.54, 1.807) is 25.1 Å². The Morgan fingerprint density at radius 1 is 1.23 bits per heavy atom. The molecule has 1 aliphatic rings. The Labute approximate surface area is 157 Å². The van der Waals surface area contributed by atoms with E-state index in [1.165, 1.54) is 6.42 Å². The molecule has 1 atom stereocenters. The van der Waals surface area contributed by atoms with Crippen molar-refractivity contribution in [1.82, 2.24) is 4.90 Å². The predicted octanol–water partition coefficient (Wildman–Crippen LogP) is 4.12. The van der Waals surface area contributed by atoms with Gasteiger partial charge in [0.15, 0.2) is 0 Å². The first-order valence-electron chi connectivity index (χ1n) is 9.67. The smallest absolute Gasteiger partial charge is 0.308 e. The summed E-state index contributed by atoms with van der Waals surface area (Å²) in [5.41, 5.74) is 0.887. The summed E-state index contributed by atoms with van der Waals surface area (Å²) in [6, 6.07) is 7.18. The molecule has 0 aliphatic heterocycles. The molecule has 1 fully saturated rings. The molecule has 0 radical (unpaired) electrons. The van der Waals surface area contributed by atoms with Gasteiger partial charge in [-0.25, -0.2) is 0 Å². The first-order chi connectivity index (χ1) is 12.4. The minimum Gasteiger partial charge on any atom is -0.382 e. The number of hydrogen-bond donors (Lipinski definition) is 0. The monoisotopic (exact) mass is 381 g/mol. The van der Waals surface area contributed by atoms with E-state index >= 15 is 0 Å². The second-order valence-corrected chi connectivity index (χ2v) is 8.99. The van der Waals surface area contributed by atoms with E-state index in [1.807, 2.05) is 11.0 Å². The van der Waals surface area contributed by atoms with Crippen molar-refractivity contribution in [3.05, 3.63) is 29.8 Å². The number of carbonyl (C=O) groups is 1. The van der Waals surface area contributed by atoms with Gasteiger partial charge >= 0.3 is 10.1 Å². The quantitative estimate of drug-likeness (QED) is 0.635. The molecule has 146 valence electrons. The lowest BCUT2D eigenvalue weighted by molar-refractivity contribution is -0.139. The topological polar surface area (TPSA) is 63.7 Å². The van der Waals surface area contributed by atoms with Gasteiger partial charge in [0, 0.05) is 18.5 Å². The zero-order valence-electron chi connectivity index (χ0n) is 16.1. The van der Waals surface area contributed by atoms with E-state index in [0.717, 1.165) is 37.7 Å². The molecule has 0 N–H and O–H groups in total. The summed E-state index contributed by atoms with van der Waals surface area (Å²) in [6.07, 6.45) is 6.32. The van der Waals surface area contributed by atoms with Gasteiger partial charge in [0.1, 0.15) is 5.75 Å². The molecule has 0 bridgehead atoms. The molecule has 0 heterocycles. The summed E-state index contributed by atoms with van der Waals surface area (Å²) in [4.78, 5) is 15.0. The Hall–Kier alpha value is -1.56. The zero-order valence-corrected chi connectivity index (χ0v) is 16.9. The molecule has 5 nitrogen and oxygen atoms in total. The Morgan fingerprint density at radius 3 is 2.54 bits per heavy atom. The molecule has 1 aromatic carbocycles. The fourth-order valence-corrected chi connectivity index (χ4v) is 3.87. The molecule has 1 saturated carbocycles. The summed E-state index contributed by atoms with van der Waals surface area (Å²) < 4.78 is 28.5. The van der Waals surface area contributed by atoms with Crippen molar-refractivity contribution in [2.45, 2.75) is 71.9 Å². The number of benzene rings is 1. The molecular weight excluding hydrogens is 350 g/mol. The average Bonchev–Trinajstić information content (AvgIpc) is 2.65. The molecule has 1 aromatic rings. The number of rotatable bonds is 8. The average molecular weight is 382 g/mol. The van der Waals surface area contributed by atoms with E-state index in [9.17, 15) is 13.2 Å². The third kappa shape index (κ3) is 5.73. The second-order valence-electron chi connectivity index (χ2n) is 7.14. The lowest BCUT2D eigenvalue weighted by Crippen LogP contribution is -2.42. The van der Waals surface area contributed by atoms with Crippen molar-refractivity contribution in [3.63, 3.8) is 0 Å². The van der Waals surface area contributed by atoms with Crippen LogP contribution in [0.1, 0.15) is 64.9 Å². The molecule has 6 heteroatoms. The lowest BCUT2D eigenvalue weighted by Gasteiger charge is -2.33. The highest BCUT2D eigenvalue weighted by molar-refractivity contribution is 7.87. The molecule has 0 saturated heterocycles. The zero-order chi connectivity index (χ0) is 19.2. The lowest BCUT2D eigenvalue weighted by atomic mass is 9.87. The van der Waals surface area contributed by atoms with Crippen LogP contribution in [0.5, 0.6) is 5.75 Å². The molecule has 26 heavy (non-hydrogen) atoms. The fourth-order valence-electron chi connectivity index (χ4n) is 3.35. The van der Waals surface area contributed by atoms with Gasteiger partial charge in [0.05, 0.1) is 5.75 Å². The number of carbonyl (C=O) groups excluding carboxylic acids is 1. The minimum absolute atomic E-state index is 0.0730. The Bertz CT molecular complexity index is 696. The highest BCUT2D eigenvalue weighted by Crippen LogP contribution is 2.28. The van der Waals surface area contributed by atoms with Crippen LogP contribution in [-0.2, 0) is 21.5 Å². The number of nitrogens with zero attached hydrogens (tertiary/aromatic N) is 1. The first-order valence-corrected chi connectivity index (χ1v) is 11.3. The maximum absolute atomic E-state index is 13.1. The van der Waals surface area contributed by atoms with Crippen LogP contribution in [0.25, 0.3) is 0 Å². The summed E-state index contributed by atoms with van der Waals surface area (Å²) in [6.45, 7) is 6.18. The Balaban J connectivity index is 2.16. The fraction of sp³-hybridized carbons (Fsp3) is 0.650. The van der Waals surface area contributed by atoms with Crippen LogP contribution >= 0.6 is 0 Å². The largest absolute Gasteiger partial charge is 0.382 e. The van der Waals surface area contributed by atoms with Crippen molar-refractivity contribution < 1.29 is 17.4 Å². The molecule has 0 spiro atoms. The highest BCUT2D eigenvalue weighted by atomic mass is 32.2. The van der Waals surface area contributed by atoms with Gasteiger partial charge in [-0.3, -0.25) is 4.79 Å². The van der Waals surface area contributed by atoms with Gasteiger partial charge in [0.2, 0.25) is 5.91 Å². The molecular formula is C20H31NO4S. The van der Waals surface area contributed by atoms with Crippen LogP contribution in [-0.4, -0.2) is 31.0 Å². The van der Waals surface area contributed by atoms with Gasteiger partial charge in [-0.05, 0) is 50.8 Å². The maximum atomic E-state index is 13.1. The van der Waals surface area contributed by atoms with Crippen LogP contribution in [0, 0.1) is 5.92 Å². The summed E-state index contributed by atoms with van der Waals surface area (Å²) in [7, 11) is -3.55. The predicted molar refractivity (Wildman–Crippen MR) is 103 cm³/mol. The van der Waals surface area contributed by atoms with Crippen molar-refractivity contribution in [1.29, 1.82) is 0 Å². The first kappa shape index (κ1) is 20.7. The van der Waals surface area contributed by atoms with E-state index in [0.29, 0.717) is 12.3 Å². The summed E-state index contributed by atoms with van der Waals surface area (Å²) in [5, 5.41) is 0.